The molecule has 0 spiro atoms. The van der Waals surface area contributed by atoms with Crippen molar-refractivity contribution >= 4 is 27.9 Å². The van der Waals surface area contributed by atoms with Gasteiger partial charge in [0.1, 0.15) is 11.5 Å². The third-order valence-corrected chi connectivity index (χ3v) is 5.16. The summed E-state index contributed by atoms with van der Waals surface area (Å²) in [5, 5.41) is 14.4. The average Bonchev–Trinajstić information content (AvgIpc) is 3.38. The van der Waals surface area contributed by atoms with Crippen molar-refractivity contribution in [3.8, 4) is 33.5 Å². The fourth-order valence-electron chi connectivity index (χ4n) is 2.75. The number of rotatable bonds is 3. The third-order valence-electron chi connectivity index (χ3n) is 4.02. The first-order chi connectivity index (χ1) is 12.7. The maximum Gasteiger partial charge on any atom is 0.235 e. The molecule has 1 aromatic carbocycles. The first-order valence-corrected chi connectivity index (χ1v) is 9.01. The molecule has 5 aromatic rings. The average molecular weight is 383 g/mol. The third kappa shape index (κ3) is 2.44. The fraction of sp³-hybridized carbons (Fsp3) is 0.0556. The Kier molecular flexibility index (Phi) is 3.44. The number of nitrogens with zero attached hydrogens (tertiary/aromatic N) is 4. The molecule has 5 rings (SSSR count). The van der Waals surface area contributed by atoms with Crippen molar-refractivity contribution in [2.45, 2.75) is 6.92 Å². The lowest BCUT2D eigenvalue weighted by molar-refractivity contribution is 0.535. The van der Waals surface area contributed by atoms with Crippen LogP contribution in [0.2, 0.25) is 5.02 Å². The first-order valence-electron chi connectivity index (χ1n) is 7.82. The minimum atomic E-state index is 0.648. The van der Waals surface area contributed by atoms with E-state index >= 15 is 0 Å². The number of hydrogen-bond donors (Lipinski definition) is 0. The number of aromatic nitrogens is 4. The summed E-state index contributed by atoms with van der Waals surface area (Å²) >= 11 is 7.47. The molecule has 0 saturated carbocycles. The Hall–Kier alpha value is -2.90. The Labute approximate surface area is 156 Å². The van der Waals surface area contributed by atoms with Crippen molar-refractivity contribution < 1.29 is 8.83 Å². The van der Waals surface area contributed by atoms with Crippen LogP contribution in [0.15, 0.2) is 57.6 Å². The topological polar surface area (TPSA) is 69.4 Å². The Bertz CT molecular complexity index is 1230. The summed E-state index contributed by atoms with van der Waals surface area (Å²) in [6, 6.07) is 13.2. The molecule has 0 aliphatic carbocycles. The molecule has 0 aliphatic heterocycles. The molecule has 128 valence electrons. The van der Waals surface area contributed by atoms with Crippen LogP contribution in [0.5, 0.6) is 0 Å². The van der Waals surface area contributed by atoms with E-state index in [2.05, 4.69) is 15.3 Å². The maximum atomic E-state index is 6.06. The number of halogens is 1. The first kappa shape index (κ1) is 15.4. The molecular formula is C18H11ClN4O2S. The zero-order valence-electron chi connectivity index (χ0n) is 13.5. The quantitative estimate of drug-likeness (QED) is 0.421. The molecule has 26 heavy (non-hydrogen) atoms. The van der Waals surface area contributed by atoms with E-state index in [-0.39, 0.29) is 0 Å². The number of fused-ring (bicyclic) bond motifs is 1. The van der Waals surface area contributed by atoms with Crippen LogP contribution in [-0.4, -0.2) is 19.8 Å². The molecule has 0 aliphatic rings. The normalized spacial score (nSPS) is 11.5. The second-order valence-electron chi connectivity index (χ2n) is 5.69. The van der Waals surface area contributed by atoms with Gasteiger partial charge in [0.05, 0.1) is 11.8 Å². The lowest BCUT2D eigenvalue weighted by atomic mass is 10.2. The van der Waals surface area contributed by atoms with E-state index < -0.39 is 0 Å². The van der Waals surface area contributed by atoms with Crippen LogP contribution in [0.1, 0.15) is 5.76 Å². The summed E-state index contributed by atoms with van der Waals surface area (Å²) in [6.07, 6.45) is 1.63. The number of aryl methyl sites for hydroxylation is 1. The van der Waals surface area contributed by atoms with Crippen LogP contribution in [0.4, 0.5) is 0 Å². The van der Waals surface area contributed by atoms with Crippen LogP contribution >= 0.6 is 22.9 Å². The van der Waals surface area contributed by atoms with Crippen LogP contribution in [0.25, 0.3) is 38.4 Å². The molecular weight excluding hydrogens is 372 g/mol. The van der Waals surface area contributed by atoms with E-state index in [9.17, 15) is 0 Å². The van der Waals surface area contributed by atoms with Crippen LogP contribution < -0.4 is 0 Å². The van der Waals surface area contributed by atoms with Gasteiger partial charge in [-0.1, -0.05) is 35.1 Å². The molecule has 0 fully saturated rings. The van der Waals surface area contributed by atoms with E-state index in [1.807, 2.05) is 49.4 Å². The van der Waals surface area contributed by atoms with Crippen molar-refractivity contribution in [1.82, 2.24) is 19.8 Å². The maximum absolute atomic E-state index is 6.06. The Morgan fingerprint density at radius 2 is 1.96 bits per heavy atom. The van der Waals surface area contributed by atoms with Crippen molar-refractivity contribution in [3.63, 3.8) is 0 Å². The minimum Gasteiger partial charge on any atom is -0.469 e. The van der Waals surface area contributed by atoms with E-state index in [4.69, 9.17) is 20.4 Å². The Balaban J connectivity index is 1.56. The largest absolute Gasteiger partial charge is 0.469 e. The second-order valence-corrected chi connectivity index (χ2v) is 7.08. The summed E-state index contributed by atoms with van der Waals surface area (Å²) in [5.74, 6) is 2.83. The van der Waals surface area contributed by atoms with Gasteiger partial charge in [0.15, 0.2) is 16.6 Å². The van der Waals surface area contributed by atoms with Gasteiger partial charge in [-0.3, -0.25) is 0 Å². The smallest absolute Gasteiger partial charge is 0.235 e. The van der Waals surface area contributed by atoms with E-state index in [0.717, 1.165) is 27.7 Å². The SMILES string of the molecule is Cc1occc1-c1nnc2sc(-c3ccc(-c4cccc(Cl)c4)o3)nn12. The van der Waals surface area contributed by atoms with Crippen LogP contribution in [0, 0.1) is 6.92 Å². The molecule has 0 saturated heterocycles. The molecule has 4 aromatic heterocycles. The summed E-state index contributed by atoms with van der Waals surface area (Å²) < 4.78 is 13.0. The van der Waals surface area contributed by atoms with Gasteiger partial charge in [-0.2, -0.15) is 4.52 Å². The summed E-state index contributed by atoms with van der Waals surface area (Å²) in [6.45, 7) is 1.88. The molecule has 0 bridgehead atoms. The molecule has 0 N–H and O–H groups in total. The van der Waals surface area contributed by atoms with Crippen molar-refractivity contribution in [2.75, 3.05) is 0 Å². The molecule has 4 heterocycles. The number of hydrogen-bond acceptors (Lipinski definition) is 6. The second kappa shape index (κ2) is 5.82. The number of benzene rings is 1. The van der Waals surface area contributed by atoms with Crippen molar-refractivity contribution in [2.24, 2.45) is 0 Å². The van der Waals surface area contributed by atoms with Gasteiger partial charge in [0, 0.05) is 10.6 Å². The van der Waals surface area contributed by atoms with Gasteiger partial charge in [0.2, 0.25) is 4.96 Å². The highest BCUT2D eigenvalue weighted by atomic mass is 35.5. The highest BCUT2D eigenvalue weighted by Gasteiger charge is 2.18. The lowest BCUT2D eigenvalue weighted by Gasteiger charge is -1.97. The summed E-state index contributed by atoms with van der Waals surface area (Å²) in [7, 11) is 0. The van der Waals surface area contributed by atoms with Gasteiger partial charge < -0.3 is 8.83 Å². The lowest BCUT2D eigenvalue weighted by Crippen LogP contribution is -1.90. The van der Waals surface area contributed by atoms with Gasteiger partial charge in [-0.15, -0.1) is 15.3 Å². The molecule has 8 heteroatoms. The Morgan fingerprint density at radius 3 is 2.77 bits per heavy atom. The van der Waals surface area contributed by atoms with Crippen molar-refractivity contribution in [3.05, 3.63) is 59.5 Å². The molecule has 0 atom stereocenters. The molecule has 6 nitrogen and oxygen atoms in total. The summed E-state index contributed by atoms with van der Waals surface area (Å²) in [5.41, 5.74) is 1.79. The minimum absolute atomic E-state index is 0.648. The fourth-order valence-corrected chi connectivity index (χ4v) is 3.74. The highest BCUT2D eigenvalue weighted by Crippen LogP contribution is 2.33. The molecule has 0 radical (unpaired) electrons. The molecule has 0 amide bonds. The van der Waals surface area contributed by atoms with E-state index in [1.54, 1.807) is 10.8 Å². The van der Waals surface area contributed by atoms with Crippen molar-refractivity contribution in [1.29, 1.82) is 0 Å². The zero-order chi connectivity index (χ0) is 17.7. The van der Waals surface area contributed by atoms with E-state index in [1.165, 1.54) is 11.3 Å². The van der Waals surface area contributed by atoms with Gasteiger partial charge >= 0.3 is 0 Å². The molecule has 0 unspecified atom stereocenters. The highest BCUT2D eigenvalue weighted by molar-refractivity contribution is 7.19. The van der Waals surface area contributed by atoms with Gasteiger partial charge in [-0.05, 0) is 37.3 Å². The zero-order valence-corrected chi connectivity index (χ0v) is 15.1. The summed E-state index contributed by atoms with van der Waals surface area (Å²) in [4.78, 5) is 0.691. The van der Waals surface area contributed by atoms with Gasteiger partial charge in [-0.25, -0.2) is 0 Å². The van der Waals surface area contributed by atoms with E-state index in [0.29, 0.717) is 21.6 Å². The van der Waals surface area contributed by atoms with Crippen LogP contribution in [0.3, 0.4) is 0 Å². The van der Waals surface area contributed by atoms with Crippen LogP contribution in [-0.2, 0) is 0 Å². The Morgan fingerprint density at radius 1 is 1.08 bits per heavy atom. The standard InChI is InChI=1S/C18H11ClN4O2S/c1-10-13(7-8-24-10)16-20-21-18-23(16)22-17(26-18)15-6-5-14(25-15)11-3-2-4-12(19)9-11/h2-9H,1H3. The predicted octanol–water partition coefficient (Wildman–Crippen LogP) is 5.33. The van der Waals surface area contributed by atoms with Gasteiger partial charge in [0.25, 0.3) is 0 Å². The predicted molar refractivity (Wildman–Crippen MR) is 99.2 cm³/mol. The monoisotopic (exact) mass is 382 g/mol. The number of furan rings is 2.